The van der Waals surface area contributed by atoms with Crippen LogP contribution in [-0.4, -0.2) is 36.8 Å². The Morgan fingerprint density at radius 3 is 2.85 bits per heavy atom. The molecule has 1 aromatic rings. The van der Waals surface area contributed by atoms with Gasteiger partial charge in [-0.3, -0.25) is 5.21 Å². The number of hydrogen-bond acceptors (Lipinski definition) is 8. The van der Waals surface area contributed by atoms with E-state index in [2.05, 4.69) is 16.0 Å². The summed E-state index contributed by atoms with van der Waals surface area (Å²) < 4.78 is 5.62. The molecule has 0 unspecified atom stereocenters. The van der Waals surface area contributed by atoms with Crippen molar-refractivity contribution in [3.05, 3.63) is 40.9 Å². The molecular formula is C12H21N4O3S-. The second-order valence-electron chi connectivity index (χ2n) is 3.97. The number of thioether (sulfide) groups is 1. The van der Waals surface area contributed by atoms with E-state index in [1.54, 1.807) is 18.8 Å². The lowest BCUT2D eigenvalue weighted by atomic mass is 10.4. The molecule has 7 nitrogen and oxygen atoms in total. The summed E-state index contributed by atoms with van der Waals surface area (Å²) in [5.74, 6) is 4.01. The Hall–Kier alpha value is -1.35. The second kappa shape index (κ2) is 9.54. The van der Waals surface area contributed by atoms with Crippen molar-refractivity contribution in [1.29, 1.82) is 0 Å². The maximum absolute atomic E-state index is 10.4. The summed E-state index contributed by atoms with van der Waals surface area (Å²) in [5.41, 5.74) is 0. The molecule has 8 heteroatoms. The zero-order valence-electron chi connectivity index (χ0n) is 11.7. The predicted octanol–water partition coefficient (Wildman–Crippen LogP) is 1.03. The van der Waals surface area contributed by atoms with Crippen LogP contribution in [-0.2, 0) is 12.3 Å². The van der Waals surface area contributed by atoms with Gasteiger partial charge in [0.1, 0.15) is 17.3 Å². The number of rotatable bonds is 10. The van der Waals surface area contributed by atoms with E-state index in [0.717, 1.165) is 35.8 Å². The van der Waals surface area contributed by atoms with Gasteiger partial charge in [-0.2, -0.15) is 11.8 Å². The van der Waals surface area contributed by atoms with Gasteiger partial charge in [-0.15, -0.1) is 0 Å². The first kappa shape index (κ1) is 16.7. The average Bonchev–Trinajstić information content (AvgIpc) is 2.84. The number of hydroxylamine groups is 2. The van der Waals surface area contributed by atoms with Crippen molar-refractivity contribution in [2.75, 3.05) is 26.4 Å². The van der Waals surface area contributed by atoms with Crippen molar-refractivity contribution in [2.24, 2.45) is 0 Å². The van der Waals surface area contributed by atoms with Crippen molar-refractivity contribution in [3.63, 3.8) is 0 Å². The quantitative estimate of drug-likeness (QED) is 0.376. The lowest BCUT2D eigenvalue weighted by Crippen LogP contribution is -2.27. The topological polar surface area (TPSA) is 95.8 Å². The second-order valence-corrected chi connectivity index (χ2v) is 5.08. The summed E-state index contributed by atoms with van der Waals surface area (Å²) in [6, 6.07) is 3.95. The van der Waals surface area contributed by atoms with Gasteiger partial charge in [0, 0.05) is 19.3 Å². The Balaban J connectivity index is 2.18. The molecule has 0 aliphatic rings. The van der Waals surface area contributed by atoms with Gasteiger partial charge >= 0.3 is 0 Å². The molecular weight excluding hydrogens is 280 g/mol. The highest BCUT2D eigenvalue weighted by atomic mass is 32.2. The van der Waals surface area contributed by atoms with Crippen LogP contribution in [0.25, 0.3) is 0 Å². The van der Waals surface area contributed by atoms with E-state index in [-0.39, 0.29) is 5.23 Å². The summed E-state index contributed by atoms with van der Waals surface area (Å²) in [6.07, 6.45) is 1.03. The van der Waals surface area contributed by atoms with Crippen molar-refractivity contribution in [1.82, 2.24) is 21.2 Å². The standard InChI is InChI=1S/C12H21N4O3S/c1-13-7-10-3-4-11(19-10)9-20-6-5-15-12(14-2)8-16(17)18/h3-4,8,13-15,17H,5-7,9H2,1-2H3/q-1. The van der Waals surface area contributed by atoms with E-state index in [9.17, 15) is 5.21 Å². The first-order chi connectivity index (χ1) is 9.65. The Morgan fingerprint density at radius 1 is 1.45 bits per heavy atom. The van der Waals surface area contributed by atoms with Gasteiger partial charge in [0.05, 0.1) is 18.5 Å². The minimum Gasteiger partial charge on any atom is -0.734 e. The summed E-state index contributed by atoms with van der Waals surface area (Å²) >= 11 is 1.72. The normalized spacial score (nSPS) is 11.5. The first-order valence-electron chi connectivity index (χ1n) is 6.24. The van der Waals surface area contributed by atoms with E-state index in [4.69, 9.17) is 9.62 Å². The molecule has 0 saturated heterocycles. The van der Waals surface area contributed by atoms with Gasteiger partial charge in [0.15, 0.2) is 0 Å². The number of nitrogens with zero attached hydrogens (tertiary/aromatic N) is 1. The Morgan fingerprint density at radius 2 is 2.20 bits per heavy atom. The van der Waals surface area contributed by atoms with E-state index >= 15 is 0 Å². The maximum atomic E-state index is 10.4. The molecule has 0 aromatic carbocycles. The molecule has 0 radical (unpaired) electrons. The Bertz CT molecular complexity index is 409. The van der Waals surface area contributed by atoms with Gasteiger partial charge in [0.2, 0.25) is 0 Å². The lowest BCUT2D eigenvalue weighted by molar-refractivity contribution is 0.0101. The van der Waals surface area contributed by atoms with Crippen LogP contribution in [0.2, 0.25) is 0 Å². The predicted molar refractivity (Wildman–Crippen MR) is 79.8 cm³/mol. The number of furan rings is 1. The molecule has 0 bridgehead atoms. The Kier molecular flexibility index (Phi) is 7.97. The van der Waals surface area contributed by atoms with Crippen LogP contribution in [0, 0.1) is 5.21 Å². The molecule has 114 valence electrons. The fourth-order valence-electron chi connectivity index (χ4n) is 1.51. The van der Waals surface area contributed by atoms with Crippen LogP contribution >= 0.6 is 11.8 Å². The summed E-state index contributed by atoms with van der Waals surface area (Å²) in [4.78, 5) is 0. The highest BCUT2D eigenvalue weighted by Crippen LogP contribution is 2.15. The summed E-state index contributed by atoms with van der Waals surface area (Å²) in [7, 11) is 3.55. The van der Waals surface area contributed by atoms with Crippen LogP contribution < -0.4 is 16.0 Å². The summed E-state index contributed by atoms with van der Waals surface area (Å²) in [5, 5.41) is 27.6. The van der Waals surface area contributed by atoms with Gasteiger partial charge in [-0.05, 0) is 19.2 Å². The average molecular weight is 301 g/mol. The molecule has 1 aromatic heterocycles. The van der Waals surface area contributed by atoms with Crippen molar-refractivity contribution < 1.29 is 9.62 Å². The molecule has 4 N–H and O–H groups in total. The largest absolute Gasteiger partial charge is 0.734 e. The van der Waals surface area contributed by atoms with Gasteiger partial charge in [-0.1, -0.05) is 0 Å². The van der Waals surface area contributed by atoms with E-state index < -0.39 is 0 Å². The molecule has 0 aliphatic carbocycles. The Labute approximate surface area is 122 Å². The first-order valence-corrected chi connectivity index (χ1v) is 7.39. The maximum Gasteiger partial charge on any atom is 0.117 e. The molecule has 0 saturated carbocycles. The number of nitrogens with one attached hydrogen (secondary N) is 3. The molecule has 1 rings (SSSR count). The van der Waals surface area contributed by atoms with Crippen molar-refractivity contribution in [2.45, 2.75) is 12.3 Å². The minimum absolute atomic E-state index is 0.238. The van der Waals surface area contributed by atoms with Crippen LogP contribution in [0.1, 0.15) is 11.5 Å². The number of hydrogen-bond donors (Lipinski definition) is 4. The summed E-state index contributed by atoms with van der Waals surface area (Å²) in [6.45, 7) is 1.41. The van der Waals surface area contributed by atoms with Crippen LogP contribution in [0.3, 0.4) is 0 Å². The SMILES string of the molecule is CNCc1ccc(CSCCNC(=CN([O-])O)NC)o1. The van der Waals surface area contributed by atoms with Crippen molar-refractivity contribution in [3.8, 4) is 0 Å². The van der Waals surface area contributed by atoms with Gasteiger partial charge < -0.3 is 30.8 Å². The van der Waals surface area contributed by atoms with Crippen LogP contribution in [0.5, 0.6) is 0 Å². The van der Waals surface area contributed by atoms with E-state index in [0.29, 0.717) is 12.4 Å². The molecule has 0 aliphatic heterocycles. The third-order valence-corrected chi connectivity index (χ3v) is 3.36. The van der Waals surface area contributed by atoms with Gasteiger partial charge in [0.25, 0.3) is 0 Å². The third kappa shape index (κ3) is 6.71. The monoisotopic (exact) mass is 301 g/mol. The van der Waals surface area contributed by atoms with E-state index in [1.165, 1.54) is 0 Å². The lowest BCUT2D eigenvalue weighted by Gasteiger charge is -2.19. The van der Waals surface area contributed by atoms with Gasteiger partial charge in [-0.25, -0.2) is 0 Å². The fraction of sp³-hybridized carbons (Fsp3) is 0.500. The highest BCUT2D eigenvalue weighted by Gasteiger charge is 2.01. The van der Waals surface area contributed by atoms with E-state index in [1.807, 2.05) is 19.2 Å². The molecule has 0 atom stereocenters. The minimum atomic E-state index is -0.238. The molecule has 0 amide bonds. The molecule has 20 heavy (non-hydrogen) atoms. The van der Waals surface area contributed by atoms with Crippen LogP contribution in [0.4, 0.5) is 0 Å². The van der Waals surface area contributed by atoms with Crippen LogP contribution in [0.15, 0.2) is 28.6 Å². The third-order valence-electron chi connectivity index (χ3n) is 2.38. The highest BCUT2D eigenvalue weighted by molar-refractivity contribution is 7.98. The molecule has 0 spiro atoms. The zero-order valence-corrected chi connectivity index (χ0v) is 12.5. The smallest absolute Gasteiger partial charge is 0.117 e. The van der Waals surface area contributed by atoms with Crippen molar-refractivity contribution >= 4 is 11.8 Å². The fourth-order valence-corrected chi connectivity index (χ4v) is 2.26. The molecule has 1 heterocycles. The zero-order chi connectivity index (χ0) is 14.8. The molecule has 0 fully saturated rings.